The van der Waals surface area contributed by atoms with Crippen molar-refractivity contribution in [3.05, 3.63) is 59.7 Å². The van der Waals surface area contributed by atoms with Crippen LogP contribution in [0.25, 0.3) is 0 Å². The summed E-state index contributed by atoms with van der Waals surface area (Å²) in [5.41, 5.74) is 1.94. The van der Waals surface area contributed by atoms with Crippen LogP contribution in [0, 0.1) is 13.8 Å². The quantitative estimate of drug-likeness (QED) is 0.762. The number of nitrogens with zero attached hydrogens (tertiary/aromatic N) is 1. The molecule has 1 unspecified atom stereocenters. The van der Waals surface area contributed by atoms with Crippen molar-refractivity contribution in [2.45, 2.75) is 29.7 Å². The molecule has 2 aromatic rings. The Morgan fingerprint density at radius 3 is 2.04 bits per heavy atom. The summed E-state index contributed by atoms with van der Waals surface area (Å²) in [6, 6.07) is 13.2. The molecule has 1 atom stereocenters. The Morgan fingerprint density at radius 2 is 1.46 bits per heavy atom. The van der Waals surface area contributed by atoms with Gasteiger partial charge in [0.1, 0.15) is 0 Å². The maximum Gasteiger partial charge on any atom is 0.243 e. The second kappa shape index (κ2) is 8.30. The second-order valence-electron chi connectivity index (χ2n) is 6.83. The van der Waals surface area contributed by atoms with Gasteiger partial charge < -0.3 is 4.74 Å². The van der Waals surface area contributed by atoms with Crippen molar-refractivity contribution >= 4 is 20.0 Å². The van der Waals surface area contributed by atoms with Crippen molar-refractivity contribution < 1.29 is 21.6 Å². The Kier molecular flexibility index (Phi) is 6.21. The van der Waals surface area contributed by atoms with Crippen molar-refractivity contribution in [2.75, 3.05) is 26.2 Å². The molecule has 0 radical (unpaired) electrons. The Morgan fingerprint density at radius 1 is 0.929 bits per heavy atom. The molecule has 1 saturated heterocycles. The van der Waals surface area contributed by atoms with Gasteiger partial charge in [0, 0.05) is 19.6 Å². The topological polar surface area (TPSA) is 92.8 Å². The number of hydrogen-bond donors (Lipinski definition) is 1. The minimum absolute atomic E-state index is 0.00384. The molecule has 1 aliphatic rings. The molecule has 0 saturated carbocycles. The molecule has 0 amide bonds. The molecule has 1 fully saturated rings. The highest BCUT2D eigenvalue weighted by atomic mass is 32.2. The summed E-state index contributed by atoms with van der Waals surface area (Å²) >= 11 is 0. The number of nitrogens with one attached hydrogen (secondary N) is 1. The van der Waals surface area contributed by atoms with Crippen LogP contribution in [0.5, 0.6) is 0 Å². The van der Waals surface area contributed by atoms with E-state index in [0.29, 0.717) is 0 Å². The van der Waals surface area contributed by atoms with Gasteiger partial charge in [-0.15, -0.1) is 0 Å². The summed E-state index contributed by atoms with van der Waals surface area (Å²) < 4.78 is 59.9. The lowest BCUT2D eigenvalue weighted by Crippen LogP contribution is -2.49. The zero-order valence-corrected chi connectivity index (χ0v) is 17.5. The van der Waals surface area contributed by atoms with Crippen molar-refractivity contribution in [1.29, 1.82) is 0 Å². The molecular weight excluding hydrogens is 400 g/mol. The van der Waals surface area contributed by atoms with Gasteiger partial charge in [-0.05, 0) is 38.1 Å². The monoisotopic (exact) mass is 424 g/mol. The largest absolute Gasteiger partial charge is 0.374 e. The highest BCUT2D eigenvalue weighted by Crippen LogP contribution is 2.19. The van der Waals surface area contributed by atoms with Crippen molar-refractivity contribution in [2.24, 2.45) is 0 Å². The molecule has 0 bridgehead atoms. The summed E-state index contributed by atoms with van der Waals surface area (Å²) in [6.45, 7) is 4.30. The van der Waals surface area contributed by atoms with Crippen LogP contribution in [0.1, 0.15) is 11.1 Å². The van der Waals surface area contributed by atoms with E-state index in [9.17, 15) is 16.8 Å². The molecule has 2 aromatic carbocycles. The third kappa shape index (κ3) is 4.79. The van der Waals surface area contributed by atoms with E-state index in [1.54, 1.807) is 36.4 Å². The van der Waals surface area contributed by atoms with E-state index in [4.69, 9.17) is 4.74 Å². The minimum Gasteiger partial charge on any atom is -0.374 e. The number of ether oxygens (including phenoxy) is 1. The molecule has 9 heteroatoms. The van der Waals surface area contributed by atoms with Crippen molar-refractivity contribution in [3.63, 3.8) is 0 Å². The number of aryl methyl sites for hydroxylation is 2. The molecule has 0 aliphatic carbocycles. The van der Waals surface area contributed by atoms with Gasteiger partial charge in [-0.2, -0.15) is 4.31 Å². The Balaban J connectivity index is 1.66. The number of rotatable bonds is 6. The fraction of sp³-hybridized carbons (Fsp3) is 0.368. The Hall–Kier alpha value is -1.78. The standard InChI is InChI=1S/C19H24N2O5S2/c1-15-3-7-18(8-4-15)27(22,23)20-13-17-14-21(11-12-26-17)28(24,25)19-9-5-16(2)6-10-19/h3-10,17,20H,11-14H2,1-2H3. The summed E-state index contributed by atoms with van der Waals surface area (Å²) in [7, 11) is -7.33. The average Bonchev–Trinajstić information content (AvgIpc) is 2.67. The van der Waals surface area contributed by atoms with Crippen LogP contribution < -0.4 is 4.72 Å². The summed E-state index contributed by atoms with van der Waals surface area (Å²) in [6.07, 6.45) is -0.561. The first-order chi connectivity index (χ1) is 13.2. The maximum atomic E-state index is 12.8. The van der Waals surface area contributed by atoms with E-state index in [-0.39, 0.29) is 36.0 Å². The highest BCUT2D eigenvalue weighted by Gasteiger charge is 2.31. The van der Waals surface area contributed by atoms with Gasteiger partial charge in [0.15, 0.2) is 0 Å². The normalized spacial score (nSPS) is 18.9. The van der Waals surface area contributed by atoms with Crippen LogP contribution in [0.15, 0.2) is 58.3 Å². The lowest BCUT2D eigenvalue weighted by Gasteiger charge is -2.32. The summed E-state index contributed by atoms with van der Waals surface area (Å²) in [5.74, 6) is 0. The fourth-order valence-electron chi connectivity index (χ4n) is 2.90. The first-order valence-electron chi connectivity index (χ1n) is 8.93. The van der Waals surface area contributed by atoms with E-state index < -0.39 is 26.2 Å². The first kappa shape index (κ1) is 20.9. The van der Waals surface area contributed by atoms with Crippen LogP contribution in [0.4, 0.5) is 0 Å². The first-order valence-corrected chi connectivity index (χ1v) is 11.9. The number of sulfonamides is 2. The van der Waals surface area contributed by atoms with Gasteiger partial charge in [-0.25, -0.2) is 21.6 Å². The zero-order chi connectivity index (χ0) is 20.4. The number of benzene rings is 2. The SMILES string of the molecule is Cc1ccc(S(=O)(=O)NCC2CN(S(=O)(=O)c3ccc(C)cc3)CCO2)cc1. The van der Waals surface area contributed by atoms with Gasteiger partial charge in [-0.1, -0.05) is 35.4 Å². The van der Waals surface area contributed by atoms with E-state index >= 15 is 0 Å². The van der Waals surface area contributed by atoms with Gasteiger partial charge in [0.2, 0.25) is 20.0 Å². The third-order valence-electron chi connectivity index (χ3n) is 4.59. The minimum atomic E-state index is -3.68. The van der Waals surface area contributed by atoms with Crippen LogP contribution in [-0.2, 0) is 24.8 Å². The van der Waals surface area contributed by atoms with Crippen LogP contribution in [-0.4, -0.2) is 53.5 Å². The number of morpholine rings is 1. The molecule has 0 aromatic heterocycles. The molecule has 152 valence electrons. The van der Waals surface area contributed by atoms with Crippen molar-refractivity contribution in [1.82, 2.24) is 9.03 Å². The lowest BCUT2D eigenvalue weighted by atomic mass is 10.2. The van der Waals surface area contributed by atoms with Crippen LogP contribution in [0.2, 0.25) is 0 Å². The predicted octanol–water partition coefficient (Wildman–Crippen LogP) is 1.67. The van der Waals surface area contributed by atoms with E-state index in [1.165, 1.54) is 16.4 Å². The number of hydrogen-bond acceptors (Lipinski definition) is 5. The zero-order valence-electron chi connectivity index (χ0n) is 15.8. The molecule has 1 aliphatic heterocycles. The predicted molar refractivity (Wildman–Crippen MR) is 106 cm³/mol. The van der Waals surface area contributed by atoms with E-state index in [1.807, 2.05) is 13.8 Å². The molecule has 1 N–H and O–H groups in total. The van der Waals surface area contributed by atoms with Gasteiger partial charge in [-0.3, -0.25) is 0 Å². The molecular formula is C19H24N2O5S2. The fourth-order valence-corrected chi connectivity index (χ4v) is 5.42. The van der Waals surface area contributed by atoms with E-state index in [2.05, 4.69) is 4.72 Å². The smallest absolute Gasteiger partial charge is 0.243 e. The van der Waals surface area contributed by atoms with Gasteiger partial charge >= 0.3 is 0 Å². The molecule has 0 spiro atoms. The summed E-state index contributed by atoms with van der Waals surface area (Å²) in [5, 5.41) is 0. The average molecular weight is 425 g/mol. The van der Waals surface area contributed by atoms with Crippen LogP contribution >= 0.6 is 0 Å². The Bertz CT molecular complexity index is 1020. The lowest BCUT2D eigenvalue weighted by molar-refractivity contribution is 0.00257. The second-order valence-corrected chi connectivity index (χ2v) is 10.5. The molecule has 7 nitrogen and oxygen atoms in total. The van der Waals surface area contributed by atoms with Crippen molar-refractivity contribution in [3.8, 4) is 0 Å². The van der Waals surface area contributed by atoms with Gasteiger partial charge in [0.25, 0.3) is 0 Å². The van der Waals surface area contributed by atoms with Gasteiger partial charge in [0.05, 0.1) is 22.5 Å². The van der Waals surface area contributed by atoms with Crippen LogP contribution in [0.3, 0.4) is 0 Å². The third-order valence-corrected chi connectivity index (χ3v) is 7.91. The molecule has 1 heterocycles. The molecule has 3 rings (SSSR count). The Labute approximate surface area is 166 Å². The molecule has 28 heavy (non-hydrogen) atoms. The maximum absolute atomic E-state index is 12.8. The highest BCUT2D eigenvalue weighted by molar-refractivity contribution is 7.89. The summed E-state index contributed by atoms with van der Waals surface area (Å²) in [4.78, 5) is 0.386. The van der Waals surface area contributed by atoms with E-state index in [0.717, 1.165) is 11.1 Å².